The van der Waals surface area contributed by atoms with Gasteiger partial charge in [0, 0.05) is 34.9 Å². The molecule has 0 N–H and O–H groups in total. The summed E-state index contributed by atoms with van der Waals surface area (Å²) < 4.78 is 11.1. The molecule has 0 bridgehead atoms. The normalized spacial score (nSPS) is 14.0. The molecule has 1 heterocycles. The van der Waals surface area contributed by atoms with Crippen molar-refractivity contribution in [2.24, 2.45) is 4.99 Å². The Hall–Kier alpha value is -4.86. The summed E-state index contributed by atoms with van der Waals surface area (Å²) in [6.45, 7) is 1.76. The van der Waals surface area contributed by atoms with Crippen LogP contribution < -0.4 is 4.74 Å². The van der Waals surface area contributed by atoms with E-state index >= 15 is 0 Å². The summed E-state index contributed by atoms with van der Waals surface area (Å²) in [5.74, 6) is -0.120. The zero-order chi connectivity index (χ0) is 24.2. The number of nitro groups is 2. The number of carbonyl (C=O) groups excluding carboxylic acids is 1. The minimum absolute atomic E-state index is 0.00879. The van der Waals surface area contributed by atoms with Crippen LogP contribution in [0.25, 0.3) is 6.08 Å². The highest BCUT2D eigenvalue weighted by Gasteiger charge is 2.25. The number of aryl methyl sites for hydroxylation is 1. The lowest BCUT2D eigenvalue weighted by atomic mass is 10.1. The van der Waals surface area contributed by atoms with E-state index in [9.17, 15) is 25.0 Å². The second-order valence-electron chi connectivity index (χ2n) is 7.34. The number of para-hydroxylation sites is 1. The molecule has 10 heteroatoms. The van der Waals surface area contributed by atoms with Gasteiger partial charge < -0.3 is 9.47 Å². The number of benzene rings is 3. The predicted molar refractivity (Wildman–Crippen MR) is 122 cm³/mol. The number of cyclic esters (lactones) is 1. The Balaban J connectivity index is 1.55. The Labute approximate surface area is 193 Å². The van der Waals surface area contributed by atoms with Crippen LogP contribution in [0.4, 0.5) is 11.4 Å². The minimum Gasteiger partial charge on any atom is -0.488 e. The zero-order valence-electron chi connectivity index (χ0n) is 17.8. The van der Waals surface area contributed by atoms with E-state index in [1.54, 1.807) is 43.3 Å². The number of hydrogen-bond donors (Lipinski definition) is 0. The van der Waals surface area contributed by atoms with Gasteiger partial charge in [0.25, 0.3) is 11.4 Å². The number of ether oxygens (including phenoxy) is 2. The van der Waals surface area contributed by atoms with Crippen LogP contribution in [0.1, 0.15) is 22.3 Å². The molecule has 0 radical (unpaired) electrons. The van der Waals surface area contributed by atoms with E-state index < -0.39 is 15.8 Å². The van der Waals surface area contributed by atoms with Gasteiger partial charge in [-0.05, 0) is 48.9 Å². The van der Waals surface area contributed by atoms with Crippen LogP contribution in [-0.2, 0) is 16.1 Å². The maximum absolute atomic E-state index is 12.4. The lowest BCUT2D eigenvalue weighted by molar-refractivity contribution is -0.385. The Morgan fingerprint density at radius 3 is 2.41 bits per heavy atom. The van der Waals surface area contributed by atoms with Crippen molar-refractivity contribution in [3.05, 3.63) is 115 Å². The largest absolute Gasteiger partial charge is 0.488 e. The van der Waals surface area contributed by atoms with E-state index in [4.69, 9.17) is 9.47 Å². The summed E-state index contributed by atoms with van der Waals surface area (Å²) in [5, 5.41) is 21.8. The fourth-order valence-electron chi connectivity index (χ4n) is 3.28. The number of non-ortho nitro benzene ring substituents is 1. The van der Waals surface area contributed by atoms with Crippen molar-refractivity contribution in [1.29, 1.82) is 0 Å². The van der Waals surface area contributed by atoms with Crippen molar-refractivity contribution in [3.8, 4) is 5.75 Å². The van der Waals surface area contributed by atoms with E-state index in [0.29, 0.717) is 22.4 Å². The summed E-state index contributed by atoms with van der Waals surface area (Å²) in [4.78, 5) is 37.5. The molecule has 0 spiro atoms. The molecule has 3 aromatic carbocycles. The standard InChI is InChI=1S/C24H17N3O7/c1-15-12-18(8-11-21(15)27(31)32)23-25-20(24(28)34-23)13-17-4-2-3-5-22(17)33-14-16-6-9-19(10-7-16)26(29)30/h2-13H,14H2,1H3/b20-13-. The molecule has 0 saturated carbocycles. The maximum Gasteiger partial charge on any atom is 0.363 e. The zero-order valence-corrected chi connectivity index (χ0v) is 17.8. The average Bonchev–Trinajstić information content (AvgIpc) is 3.18. The van der Waals surface area contributed by atoms with Gasteiger partial charge in [0.1, 0.15) is 12.4 Å². The van der Waals surface area contributed by atoms with Gasteiger partial charge in [-0.3, -0.25) is 20.2 Å². The summed E-state index contributed by atoms with van der Waals surface area (Å²) in [6.07, 6.45) is 1.53. The first-order valence-electron chi connectivity index (χ1n) is 10.0. The smallest absolute Gasteiger partial charge is 0.363 e. The highest BCUT2D eigenvalue weighted by Crippen LogP contribution is 2.27. The van der Waals surface area contributed by atoms with E-state index in [1.807, 2.05) is 0 Å². The maximum atomic E-state index is 12.4. The van der Waals surface area contributed by atoms with Crippen LogP contribution in [-0.4, -0.2) is 21.7 Å². The SMILES string of the molecule is Cc1cc(C2=N/C(=C\c3ccccc3OCc3ccc([N+](=O)[O-])cc3)C(=O)O2)ccc1[N+](=O)[O-]. The van der Waals surface area contributed by atoms with Gasteiger partial charge in [0.15, 0.2) is 5.70 Å². The van der Waals surface area contributed by atoms with Crippen LogP contribution in [0.2, 0.25) is 0 Å². The first-order chi connectivity index (χ1) is 16.3. The van der Waals surface area contributed by atoms with Gasteiger partial charge in [0.2, 0.25) is 5.90 Å². The Kier molecular flexibility index (Phi) is 6.13. The third-order valence-electron chi connectivity index (χ3n) is 5.01. The molecular weight excluding hydrogens is 442 g/mol. The number of nitrogens with zero attached hydrogens (tertiary/aromatic N) is 3. The van der Waals surface area contributed by atoms with Crippen LogP contribution in [0.3, 0.4) is 0 Å². The number of hydrogen-bond acceptors (Lipinski definition) is 8. The summed E-state index contributed by atoms with van der Waals surface area (Å²) in [7, 11) is 0. The van der Waals surface area contributed by atoms with Crippen molar-refractivity contribution in [1.82, 2.24) is 0 Å². The van der Waals surface area contributed by atoms with Crippen molar-refractivity contribution < 1.29 is 24.1 Å². The van der Waals surface area contributed by atoms with Gasteiger partial charge >= 0.3 is 5.97 Å². The molecule has 170 valence electrons. The fraction of sp³-hybridized carbons (Fsp3) is 0.0833. The fourth-order valence-corrected chi connectivity index (χ4v) is 3.28. The van der Waals surface area contributed by atoms with E-state index in [0.717, 1.165) is 5.56 Å². The summed E-state index contributed by atoms with van der Waals surface area (Å²) >= 11 is 0. The van der Waals surface area contributed by atoms with Gasteiger partial charge in [-0.25, -0.2) is 9.79 Å². The first-order valence-corrected chi connectivity index (χ1v) is 10.0. The second kappa shape index (κ2) is 9.33. The second-order valence-corrected chi connectivity index (χ2v) is 7.34. The van der Waals surface area contributed by atoms with Crippen molar-refractivity contribution in [3.63, 3.8) is 0 Å². The Bertz CT molecular complexity index is 1360. The molecular formula is C24H17N3O7. The van der Waals surface area contributed by atoms with Crippen LogP contribution in [0.5, 0.6) is 5.75 Å². The Morgan fingerprint density at radius 2 is 1.74 bits per heavy atom. The van der Waals surface area contributed by atoms with Crippen LogP contribution >= 0.6 is 0 Å². The molecule has 0 saturated heterocycles. The molecule has 3 aromatic rings. The third kappa shape index (κ3) is 4.80. The topological polar surface area (TPSA) is 134 Å². The average molecular weight is 459 g/mol. The quantitative estimate of drug-likeness (QED) is 0.216. The van der Waals surface area contributed by atoms with Gasteiger partial charge in [-0.1, -0.05) is 18.2 Å². The monoisotopic (exact) mass is 459 g/mol. The molecule has 34 heavy (non-hydrogen) atoms. The summed E-state index contributed by atoms with van der Waals surface area (Å²) in [5.41, 5.74) is 2.20. The molecule has 0 aromatic heterocycles. The van der Waals surface area contributed by atoms with Gasteiger partial charge in [-0.15, -0.1) is 0 Å². The van der Waals surface area contributed by atoms with E-state index in [2.05, 4.69) is 4.99 Å². The van der Waals surface area contributed by atoms with Crippen molar-refractivity contribution >= 4 is 29.3 Å². The van der Waals surface area contributed by atoms with Crippen LogP contribution in [0, 0.1) is 27.2 Å². The number of nitro benzene ring substituents is 2. The minimum atomic E-state index is -0.656. The molecule has 4 rings (SSSR count). The molecule has 1 aliphatic heterocycles. The molecule has 0 unspecified atom stereocenters. The molecule has 0 fully saturated rings. The molecule has 0 amide bonds. The lowest BCUT2D eigenvalue weighted by Gasteiger charge is -2.09. The first kappa shape index (κ1) is 22.3. The molecule has 1 aliphatic rings. The number of aliphatic imine (C=N–C) groups is 1. The number of esters is 1. The van der Waals surface area contributed by atoms with Crippen LogP contribution in [0.15, 0.2) is 77.4 Å². The predicted octanol–water partition coefficient (Wildman–Crippen LogP) is 4.73. The van der Waals surface area contributed by atoms with Crippen molar-refractivity contribution in [2.75, 3.05) is 0 Å². The van der Waals surface area contributed by atoms with Gasteiger partial charge in [-0.2, -0.15) is 0 Å². The number of rotatable bonds is 7. The highest BCUT2D eigenvalue weighted by atomic mass is 16.6. The Morgan fingerprint density at radius 1 is 1.00 bits per heavy atom. The van der Waals surface area contributed by atoms with E-state index in [-0.39, 0.29) is 29.6 Å². The summed E-state index contributed by atoms with van der Waals surface area (Å²) in [6, 6.07) is 17.4. The number of carbonyl (C=O) groups is 1. The van der Waals surface area contributed by atoms with E-state index in [1.165, 1.54) is 36.4 Å². The lowest BCUT2D eigenvalue weighted by Crippen LogP contribution is -2.06. The highest BCUT2D eigenvalue weighted by molar-refractivity contribution is 6.13. The molecule has 10 nitrogen and oxygen atoms in total. The molecule has 0 aliphatic carbocycles. The van der Waals surface area contributed by atoms with Crippen molar-refractivity contribution in [2.45, 2.75) is 13.5 Å². The molecule has 0 atom stereocenters. The third-order valence-corrected chi connectivity index (χ3v) is 5.01. The van der Waals surface area contributed by atoms with Gasteiger partial charge in [0.05, 0.1) is 9.85 Å².